The number of allylic oxidation sites excluding steroid dienone is 1. The van der Waals surface area contributed by atoms with Gasteiger partial charge in [-0.1, -0.05) is 54.6 Å². The lowest BCUT2D eigenvalue weighted by atomic mass is 9.96. The highest BCUT2D eigenvalue weighted by molar-refractivity contribution is 7.90. The number of likely N-dealkylation sites (N-methyl/N-ethyl adjacent to an activating group) is 1. The van der Waals surface area contributed by atoms with Gasteiger partial charge in [-0.15, -0.1) is 0 Å². The van der Waals surface area contributed by atoms with Crippen LogP contribution in [0.2, 0.25) is 0 Å². The largest absolute Gasteiger partial charge is 0.380 e. The molecule has 0 bridgehead atoms. The Morgan fingerprint density at radius 2 is 1.52 bits per heavy atom. The maximum Gasteiger partial charge on any atom is 0.175 e. The SMILES string of the molecule is CN(/C=C(\C(=N)c1ccc(S(C)(=O)=O)cc1)c1ccc(F)cc1)CCc1ccccc1. The second kappa shape index (κ2) is 9.71. The third kappa shape index (κ3) is 6.12. The van der Waals surface area contributed by atoms with Gasteiger partial charge in [0, 0.05) is 37.2 Å². The fourth-order valence-corrected chi connectivity index (χ4v) is 3.80. The normalized spacial score (nSPS) is 11.9. The van der Waals surface area contributed by atoms with E-state index in [1.165, 1.54) is 29.8 Å². The summed E-state index contributed by atoms with van der Waals surface area (Å²) < 4.78 is 36.9. The molecule has 4 nitrogen and oxygen atoms in total. The van der Waals surface area contributed by atoms with Crippen molar-refractivity contribution >= 4 is 21.1 Å². The standard InChI is InChI=1S/C25H25FN2O2S/c1-28(17-16-19-6-4-3-5-7-19)18-24(20-8-12-22(26)13-9-20)25(27)21-10-14-23(15-11-21)31(2,29)30/h3-15,18,27H,16-17H2,1-2H3/b24-18-,27-25?. The number of hydrogen-bond acceptors (Lipinski definition) is 4. The molecule has 0 atom stereocenters. The Morgan fingerprint density at radius 3 is 2.10 bits per heavy atom. The zero-order chi connectivity index (χ0) is 22.4. The number of benzene rings is 3. The maximum absolute atomic E-state index is 13.5. The van der Waals surface area contributed by atoms with E-state index >= 15 is 0 Å². The van der Waals surface area contributed by atoms with Crippen LogP contribution in [0.15, 0.2) is 90.0 Å². The summed E-state index contributed by atoms with van der Waals surface area (Å²) in [5.41, 5.74) is 3.38. The predicted molar refractivity (Wildman–Crippen MR) is 124 cm³/mol. The van der Waals surface area contributed by atoms with Gasteiger partial charge in [-0.25, -0.2) is 12.8 Å². The molecule has 0 spiro atoms. The summed E-state index contributed by atoms with van der Waals surface area (Å²) in [6, 6.07) is 22.4. The molecule has 0 aliphatic carbocycles. The monoisotopic (exact) mass is 436 g/mol. The van der Waals surface area contributed by atoms with E-state index in [9.17, 15) is 12.8 Å². The van der Waals surface area contributed by atoms with Gasteiger partial charge in [0.1, 0.15) is 5.82 Å². The first kappa shape index (κ1) is 22.4. The van der Waals surface area contributed by atoms with Gasteiger partial charge in [0.25, 0.3) is 0 Å². The van der Waals surface area contributed by atoms with Gasteiger partial charge in [0.05, 0.1) is 10.6 Å². The minimum atomic E-state index is -3.31. The number of nitrogens with one attached hydrogen (secondary N) is 1. The molecule has 3 aromatic carbocycles. The minimum absolute atomic E-state index is 0.205. The van der Waals surface area contributed by atoms with E-state index in [1.807, 2.05) is 36.3 Å². The number of rotatable bonds is 8. The molecular formula is C25H25FN2O2S. The van der Waals surface area contributed by atoms with Crippen LogP contribution in [0.4, 0.5) is 4.39 Å². The molecule has 0 unspecified atom stereocenters. The van der Waals surface area contributed by atoms with Crippen molar-refractivity contribution in [1.29, 1.82) is 5.41 Å². The van der Waals surface area contributed by atoms with Crippen LogP contribution < -0.4 is 0 Å². The van der Waals surface area contributed by atoms with Crippen molar-refractivity contribution in [3.63, 3.8) is 0 Å². The fourth-order valence-electron chi connectivity index (χ4n) is 3.17. The van der Waals surface area contributed by atoms with Crippen LogP contribution in [0.5, 0.6) is 0 Å². The lowest BCUT2D eigenvalue weighted by Gasteiger charge is -2.18. The van der Waals surface area contributed by atoms with Crippen molar-refractivity contribution in [2.45, 2.75) is 11.3 Å². The minimum Gasteiger partial charge on any atom is -0.380 e. The van der Waals surface area contributed by atoms with Crippen LogP contribution in [-0.2, 0) is 16.3 Å². The molecule has 6 heteroatoms. The van der Waals surface area contributed by atoms with Crippen molar-refractivity contribution in [3.8, 4) is 0 Å². The molecule has 0 saturated heterocycles. The molecule has 0 amide bonds. The molecule has 0 saturated carbocycles. The quantitative estimate of drug-likeness (QED) is 0.516. The van der Waals surface area contributed by atoms with Crippen LogP contribution in [0.1, 0.15) is 16.7 Å². The van der Waals surface area contributed by atoms with E-state index in [1.54, 1.807) is 24.3 Å². The van der Waals surface area contributed by atoms with Crippen molar-refractivity contribution in [3.05, 3.63) is 108 Å². The first-order valence-corrected chi connectivity index (χ1v) is 11.7. The van der Waals surface area contributed by atoms with Crippen LogP contribution >= 0.6 is 0 Å². The van der Waals surface area contributed by atoms with E-state index in [-0.39, 0.29) is 16.4 Å². The number of nitrogens with zero attached hydrogens (tertiary/aromatic N) is 1. The van der Waals surface area contributed by atoms with Crippen LogP contribution in [-0.4, -0.2) is 38.9 Å². The smallest absolute Gasteiger partial charge is 0.175 e. The zero-order valence-corrected chi connectivity index (χ0v) is 18.4. The van der Waals surface area contributed by atoms with E-state index in [0.717, 1.165) is 19.2 Å². The summed E-state index contributed by atoms with van der Waals surface area (Å²) in [6.45, 7) is 0.745. The number of hydrogen-bond donors (Lipinski definition) is 1. The summed E-state index contributed by atoms with van der Waals surface area (Å²) in [6.07, 6.45) is 3.88. The highest BCUT2D eigenvalue weighted by Gasteiger charge is 2.14. The second-order valence-corrected chi connectivity index (χ2v) is 9.45. The van der Waals surface area contributed by atoms with Crippen molar-refractivity contribution in [1.82, 2.24) is 4.90 Å². The molecule has 0 heterocycles. The molecule has 31 heavy (non-hydrogen) atoms. The molecule has 3 rings (SSSR count). The van der Waals surface area contributed by atoms with Crippen molar-refractivity contribution < 1.29 is 12.8 Å². The Balaban J connectivity index is 1.89. The predicted octanol–water partition coefficient (Wildman–Crippen LogP) is 4.81. The van der Waals surface area contributed by atoms with Gasteiger partial charge in [0.15, 0.2) is 9.84 Å². The highest BCUT2D eigenvalue weighted by Crippen LogP contribution is 2.22. The van der Waals surface area contributed by atoms with E-state index in [0.29, 0.717) is 16.7 Å². The third-order valence-corrected chi connectivity index (χ3v) is 6.07. The average molecular weight is 437 g/mol. The van der Waals surface area contributed by atoms with Gasteiger partial charge in [-0.2, -0.15) is 0 Å². The van der Waals surface area contributed by atoms with Gasteiger partial charge in [0.2, 0.25) is 0 Å². The molecule has 160 valence electrons. The number of halogens is 1. The summed E-state index contributed by atoms with van der Waals surface area (Å²) in [5, 5.41) is 8.76. The summed E-state index contributed by atoms with van der Waals surface area (Å²) in [4.78, 5) is 2.21. The molecule has 0 aromatic heterocycles. The Bertz CT molecular complexity index is 1170. The fraction of sp³-hybridized carbons (Fsp3) is 0.160. The molecule has 0 radical (unpaired) electrons. The zero-order valence-electron chi connectivity index (χ0n) is 17.5. The average Bonchev–Trinajstić information content (AvgIpc) is 2.76. The Morgan fingerprint density at radius 1 is 0.935 bits per heavy atom. The van der Waals surface area contributed by atoms with Crippen molar-refractivity contribution in [2.75, 3.05) is 19.8 Å². The first-order chi connectivity index (χ1) is 14.7. The van der Waals surface area contributed by atoms with Crippen LogP contribution in [0.25, 0.3) is 5.57 Å². The number of sulfone groups is 1. The van der Waals surface area contributed by atoms with E-state index in [2.05, 4.69) is 12.1 Å². The molecule has 0 aliphatic heterocycles. The van der Waals surface area contributed by atoms with Crippen LogP contribution in [0.3, 0.4) is 0 Å². The second-order valence-electron chi connectivity index (χ2n) is 7.44. The molecule has 3 aromatic rings. The summed E-state index contributed by atoms with van der Waals surface area (Å²) >= 11 is 0. The van der Waals surface area contributed by atoms with Gasteiger partial charge in [-0.3, -0.25) is 5.41 Å². The third-order valence-electron chi connectivity index (χ3n) is 4.94. The Labute approximate surface area is 183 Å². The van der Waals surface area contributed by atoms with Gasteiger partial charge >= 0.3 is 0 Å². The highest BCUT2D eigenvalue weighted by atomic mass is 32.2. The lowest BCUT2D eigenvalue weighted by molar-refractivity contribution is 0.462. The first-order valence-electron chi connectivity index (χ1n) is 9.85. The summed E-state index contributed by atoms with van der Waals surface area (Å²) in [7, 11) is -1.37. The lowest BCUT2D eigenvalue weighted by Crippen LogP contribution is -2.17. The Kier molecular flexibility index (Phi) is 7.02. The van der Waals surface area contributed by atoms with Gasteiger partial charge < -0.3 is 4.90 Å². The van der Waals surface area contributed by atoms with E-state index < -0.39 is 9.84 Å². The van der Waals surface area contributed by atoms with Crippen molar-refractivity contribution in [2.24, 2.45) is 0 Å². The maximum atomic E-state index is 13.5. The molecule has 0 fully saturated rings. The van der Waals surface area contributed by atoms with Gasteiger partial charge in [-0.05, 0) is 41.8 Å². The van der Waals surface area contributed by atoms with E-state index in [4.69, 9.17) is 5.41 Å². The molecular weight excluding hydrogens is 411 g/mol. The molecule has 0 aliphatic rings. The topological polar surface area (TPSA) is 61.2 Å². The molecule has 1 N–H and O–H groups in total. The summed E-state index contributed by atoms with van der Waals surface area (Å²) in [5.74, 6) is -0.343. The van der Waals surface area contributed by atoms with Crippen LogP contribution in [0, 0.1) is 11.2 Å². The Hall–Kier alpha value is -3.25.